The quantitative estimate of drug-likeness (QED) is 0.766. The molecule has 3 aliphatic rings. The summed E-state index contributed by atoms with van der Waals surface area (Å²) in [5.74, 6) is 0.0447. The highest BCUT2D eigenvalue weighted by Gasteiger charge is 2.42. The first-order chi connectivity index (χ1) is 13.5. The second-order valence-corrected chi connectivity index (χ2v) is 10.00. The molecule has 9 heteroatoms. The minimum absolute atomic E-state index is 0.0447. The van der Waals surface area contributed by atoms with Crippen molar-refractivity contribution in [2.75, 3.05) is 37.6 Å². The molecule has 0 N–H and O–H groups in total. The van der Waals surface area contributed by atoms with E-state index < -0.39 is 10.0 Å². The molecule has 8 nitrogen and oxygen atoms in total. The number of amides is 1. The van der Waals surface area contributed by atoms with Crippen molar-refractivity contribution in [3.05, 3.63) is 24.3 Å². The lowest BCUT2D eigenvalue weighted by atomic mass is 10.2. The number of nitrogens with zero attached hydrogens (tertiary/aromatic N) is 4. The fourth-order valence-corrected chi connectivity index (χ4v) is 6.01. The van der Waals surface area contributed by atoms with Crippen LogP contribution in [0.2, 0.25) is 0 Å². The molecule has 0 spiro atoms. The van der Waals surface area contributed by atoms with Crippen molar-refractivity contribution in [2.45, 2.75) is 37.0 Å². The van der Waals surface area contributed by atoms with Gasteiger partial charge in [0.15, 0.2) is 5.58 Å². The van der Waals surface area contributed by atoms with Crippen LogP contribution >= 0.6 is 0 Å². The lowest BCUT2D eigenvalue weighted by Crippen LogP contribution is -2.55. The molecule has 0 unspecified atom stereocenters. The van der Waals surface area contributed by atoms with Gasteiger partial charge in [-0.1, -0.05) is 12.1 Å². The summed E-state index contributed by atoms with van der Waals surface area (Å²) in [6.07, 6.45) is 3.20. The molecule has 1 saturated carbocycles. The Labute approximate surface area is 164 Å². The van der Waals surface area contributed by atoms with E-state index in [0.29, 0.717) is 32.2 Å². The molecule has 1 amide bonds. The van der Waals surface area contributed by atoms with Gasteiger partial charge in [0.05, 0.1) is 5.25 Å². The molecule has 1 aromatic heterocycles. The van der Waals surface area contributed by atoms with Crippen LogP contribution in [0.1, 0.15) is 25.7 Å². The summed E-state index contributed by atoms with van der Waals surface area (Å²) in [5, 5.41) is -0.195. The molecule has 0 bridgehead atoms. The molecule has 2 aliphatic heterocycles. The van der Waals surface area contributed by atoms with Crippen LogP contribution < -0.4 is 4.90 Å². The highest BCUT2D eigenvalue weighted by molar-refractivity contribution is 7.90. The van der Waals surface area contributed by atoms with Crippen molar-refractivity contribution in [2.24, 2.45) is 0 Å². The predicted molar refractivity (Wildman–Crippen MR) is 104 cm³/mol. The van der Waals surface area contributed by atoms with Gasteiger partial charge in [-0.3, -0.25) is 4.79 Å². The van der Waals surface area contributed by atoms with Crippen LogP contribution in [-0.4, -0.2) is 72.5 Å². The molecule has 2 saturated heterocycles. The Morgan fingerprint density at radius 3 is 2.50 bits per heavy atom. The molecule has 1 aromatic carbocycles. The fraction of sp³-hybridized carbons (Fsp3) is 0.579. The van der Waals surface area contributed by atoms with Gasteiger partial charge in [-0.25, -0.2) is 8.42 Å². The molecular weight excluding hydrogens is 380 g/mol. The van der Waals surface area contributed by atoms with E-state index in [1.807, 2.05) is 29.2 Å². The Morgan fingerprint density at radius 2 is 1.79 bits per heavy atom. The first-order valence-corrected chi connectivity index (χ1v) is 11.4. The summed E-state index contributed by atoms with van der Waals surface area (Å²) in [7, 11) is -3.17. The van der Waals surface area contributed by atoms with E-state index in [2.05, 4.69) is 4.98 Å². The minimum Gasteiger partial charge on any atom is -0.423 e. The van der Waals surface area contributed by atoms with Gasteiger partial charge in [0, 0.05) is 32.7 Å². The second kappa shape index (κ2) is 6.73. The smallest absolute Gasteiger partial charge is 0.299 e. The number of oxazole rings is 1. The number of rotatable bonds is 4. The van der Waals surface area contributed by atoms with Crippen LogP contribution in [-0.2, 0) is 14.8 Å². The molecule has 1 aliphatic carbocycles. The first kappa shape index (κ1) is 17.9. The number of anilines is 1. The summed E-state index contributed by atoms with van der Waals surface area (Å²) in [5.41, 5.74) is 1.50. The van der Waals surface area contributed by atoms with Crippen LogP contribution in [0.4, 0.5) is 6.01 Å². The molecule has 3 heterocycles. The molecule has 3 fully saturated rings. The summed E-state index contributed by atoms with van der Waals surface area (Å²) in [6, 6.07) is 7.79. The average molecular weight is 404 g/mol. The third-order valence-corrected chi connectivity index (χ3v) is 8.32. The van der Waals surface area contributed by atoms with Crippen molar-refractivity contribution in [3.8, 4) is 0 Å². The molecular formula is C19H24N4O4S. The highest BCUT2D eigenvalue weighted by Crippen LogP contribution is 2.32. The maximum Gasteiger partial charge on any atom is 0.299 e. The predicted octanol–water partition coefficient (Wildman–Crippen LogP) is 1.43. The van der Waals surface area contributed by atoms with Crippen LogP contribution in [0.3, 0.4) is 0 Å². The summed E-state index contributed by atoms with van der Waals surface area (Å²) in [4.78, 5) is 21.4. The Morgan fingerprint density at radius 1 is 1.04 bits per heavy atom. The summed E-state index contributed by atoms with van der Waals surface area (Å²) < 4.78 is 32.2. The number of hydrogen-bond acceptors (Lipinski definition) is 6. The van der Waals surface area contributed by atoms with Gasteiger partial charge < -0.3 is 14.2 Å². The number of fused-ring (bicyclic) bond motifs is 1. The van der Waals surface area contributed by atoms with Crippen molar-refractivity contribution in [1.82, 2.24) is 14.2 Å². The molecule has 28 heavy (non-hydrogen) atoms. The van der Waals surface area contributed by atoms with Crippen LogP contribution in [0.15, 0.2) is 28.7 Å². The van der Waals surface area contributed by atoms with E-state index in [0.717, 1.165) is 43.3 Å². The number of benzene rings is 1. The number of carbonyl (C=O) groups excluding carboxylic acids is 1. The summed E-state index contributed by atoms with van der Waals surface area (Å²) in [6.45, 7) is 2.41. The van der Waals surface area contributed by atoms with Crippen molar-refractivity contribution in [3.63, 3.8) is 0 Å². The van der Waals surface area contributed by atoms with Gasteiger partial charge >= 0.3 is 0 Å². The van der Waals surface area contributed by atoms with Gasteiger partial charge in [0.25, 0.3) is 6.01 Å². The van der Waals surface area contributed by atoms with Crippen LogP contribution in [0.5, 0.6) is 0 Å². The number of aromatic nitrogens is 1. The van der Waals surface area contributed by atoms with Gasteiger partial charge in [-0.2, -0.15) is 9.29 Å². The van der Waals surface area contributed by atoms with E-state index in [1.54, 1.807) is 9.21 Å². The molecule has 150 valence electrons. The van der Waals surface area contributed by atoms with Crippen molar-refractivity contribution >= 4 is 33.0 Å². The van der Waals surface area contributed by atoms with Gasteiger partial charge in [-0.15, -0.1) is 0 Å². The normalized spacial score (nSPS) is 24.2. The van der Waals surface area contributed by atoms with E-state index >= 15 is 0 Å². The average Bonchev–Trinajstić information content (AvgIpc) is 3.32. The maximum absolute atomic E-state index is 13.1. The van der Waals surface area contributed by atoms with E-state index in [1.165, 1.54) is 0 Å². The molecule has 1 atom stereocenters. The van der Waals surface area contributed by atoms with E-state index in [4.69, 9.17) is 4.42 Å². The third kappa shape index (κ3) is 3.06. The lowest BCUT2D eigenvalue weighted by Gasteiger charge is -2.36. The van der Waals surface area contributed by atoms with Crippen molar-refractivity contribution < 1.29 is 17.6 Å². The second-order valence-electron chi connectivity index (χ2n) is 7.78. The monoisotopic (exact) mass is 404 g/mol. The minimum atomic E-state index is -3.17. The maximum atomic E-state index is 13.1. The third-order valence-electron chi connectivity index (χ3n) is 5.92. The Kier molecular flexibility index (Phi) is 4.31. The van der Waals surface area contributed by atoms with E-state index in [-0.39, 0.29) is 17.2 Å². The number of carbonyl (C=O) groups is 1. The largest absolute Gasteiger partial charge is 0.423 e. The topological polar surface area (TPSA) is 87.0 Å². The number of para-hydroxylation sites is 2. The Balaban J connectivity index is 1.28. The highest BCUT2D eigenvalue weighted by atomic mass is 32.2. The van der Waals surface area contributed by atoms with Gasteiger partial charge in [0.2, 0.25) is 15.9 Å². The number of piperazine rings is 1. The van der Waals surface area contributed by atoms with Gasteiger partial charge in [-0.05, 0) is 37.8 Å². The number of sulfonamides is 1. The standard InChI is InChI=1S/C19H24N4O4S/c24-18(21-10-12-22(13-11-21)28(25,26)14-7-8-14)16-5-3-9-23(16)19-20-15-4-1-2-6-17(15)27-19/h1-2,4,6,14,16H,3,5,7-13H2/t16-/m0/s1. The van der Waals surface area contributed by atoms with Gasteiger partial charge in [0.1, 0.15) is 11.6 Å². The van der Waals surface area contributed by atoms with Crippen molar-refractivity contribution in [1.29, 1.82) is 0 Å². The zero-order chi connectivity index (χ0) is 19.3. The molecule has 5 rings (SSSR count). The Bertz CT molecular complexity index is 959. The zero-order valence-corrected chi connectivity index (χ0v) is 16.5. The lowest BCUT2D eigenvalue weighted by molar-refractivity contribution is -0.133. The van der Waals surface area contributed by atoms with E-state index in [9.17, 15) is 13.2 Å². The number of hydrogen-bond donors (Lipinski definition) is 0. The zero-order valence-electron chi connectivity index (χ0n) is 15.7. The SMILES string of the molecule is O=C([C@@H]1CCCN1c1nc2ccccc2o1)N1CCN(S(=O)(=O)C2CC2)CC1. The fourth-order valence-electron chi connectivity index (χ4n) is 4.19. The summed E-state index contributed by atoms with van der Waals surface area (Å²) >= 11 is 0. The Hall–Kier alpha value is -2.13. The van der Waals surface area contributed by atoms with Crippen LogP contribution in [0.25, 0.3) is 11.1 Å². The molecule has 0 radical (unpaired) electrons. The van der Waals surface area contributed by atoms with Crippen LogP contribution in [0, 0.1) is 0 Å². The first-order valence-electron chi connectivity index (χ1n) is 9.94. The molecule has 2 aromatic rings.